The maximum Gasteiger partial charge on any atom is 0.139 e. The largest absolute Gasteiger partial charge is 0.456 e. The number of furan rings is 2. The molecular formula is C38H30O2. The lowest BCUT2D eigenvalue weighted by Crippen LogP contribution is -1.92. The van der Waals surface area contributed by atoms with E-state index in [9.17, 15) is 0 Å². The SMILES string of the molecule is CC.Cc1c(-c2c3ccccc3c(-c3oc4ccccc4c3C)c3cc4ccccc4cc23)oc2ccccc12. The number of fused-ring (bicyclic) bond motifs is 5. The summed E-state index contributed by atoms with van der Waals surface area (Å²) in [4.78, 5) is 0. The maximum absolute atomic E-state index is 6.61. The highest BCUT2D eigenvalue weighted by molar-refractivity contribution is 6.24. The van der Waals surface area contributed by atoms with Crippen LogP contribution in [-0.2, 0) is 0 Å². The van der Waals surface area contributed by atoms with Crippen LogP contribution in [0.15, 0.2) is 118 Å². The van der Waals surface area contributed by atoms with Crippen LogP contribution < -0.4 is 0 Å². The summed E-state index contributed by atoms with van der Waals surface area (Å²) in [7, 11) is 0. The van der Waals surface area contributed by atoms with Crippen molar-refractivity contribution in [3.63, 3.8) is 0 Å². The van der Waals surface area contributed by atoms with Gasteiger partial charge in [-0.1, -0.05) is 98.8 Å². The Morgan fingerprint density at radius 2 is 0.750 bits per heavy atom. The molecule has 0 bridgehead atoms. The fourth-order valence-corrected chi connectivity index (χ4v) is 6.18. The molecule has 0 amide bonds. The van der Waals surface area contributed by atoms with Gasteiger partial charge in [-0.2, -0.15) is 0 Å². The van der Waals surface area contributed by atoms with Gasteiger partial charge in [-0.25, -0.2) is 0 Å². The number of rotatable bonds is 2. The Hall–Kier alpha value is -4.82. The predicted molar refractivity (Wildman–Crippen MR) is 170 cm³/mol. The van der Waals surface area contributed by atoms with E-state index in [1.54, 1.807) is 0 Å². The minimum Gasteiger partial charge on any atom is -0.456 e. The van der Waals surface area contributed by atoms with Gasteiger partial charge in [0.25, 0.3) is 0 Å². The number of benzene rings is 6. The number of hydrogen-bond acceptors (Lipinski definition) is 2. The normalized spacial score (nSPS) is 11.5. The lowest BCUT2D eigenvalue weighted by atomic mass is 9.86. The lowest BCUT2D eigenvalue weighted by Gasteiger charge is -2.17. The zero-order valence-corrected chi connectivity index (χ0v) is 23.2. The monoisotopic (exact) mass is 518 g/mol. The zero-order valence-electron chi connectivity index (χ0n) is 23.2. The van der Waals surface area contributed by atoms with Gasteiger partial charge in [0, 0.05) is 33.0 Å². The van der Waals surface area contributed by atoms with Crippen LogP contribution in [0.2, 0.25) is 0 Å². The van der Waals surface area contributed by atoms with E-state index in [0.29, 0.717) is 0 Å². The second kappa shape index (κ2) is 9.43. The van der Waals surface area contributed by atoms with E-state index in [1.807, 2.05) is 26.0 Å². The van der Waals surface area contributed by atoms with Crippen LogP contribution in [0.5, 0.6) is 0 Å². The van der Waals surface area contributed by atoms with E-state index in [-0.39, 0.29) is 0 Å². The topological polar surface area (TPSA) is 26.3 Å². The summed E-state index contributed by atoms with van der Waals surface area (Å²) in [6.07, 6.45) is 0. The Labute approximate surface area is 233 Å². The van der Waals surface area contributed by atoms with Gasteiger partial charge in [0.05, 0.1) is 0 Å². The molecule has 0 spiro atoms. The standard InChI is InChI=1S/C36H24O2.C2H6/c1-21-25-13-7-9-17-31(25)37-35(21)33-27-15-5-6-16-28(27)34(36-22(2)26-14-8-10-18-32(26)38-36)30-20-24-12-4-3-11-23(24)19-29(30)33;1-2/h3-20H,1-2H3;1-2H3. The third-order valence-corrected chi connectivity index (χ3v) is 8.03. The molecule has 0 atom stereocenters. The first kappa shape index (κ1) is 24.2. The van der Waals surface area contributed by atoms with Crippen molar-refractivity contribution in [2.75, 3.05) is 0 Å². The fourth-order valence-electron chi connectivity index (χ4n) is 6.18. The third kappa shape index (κ3) is 3.49. The quantitative estimate of drug-likeness (QED) is 0.213. The summed E-state index contributed by atoms with van der Waals surface area (Å²) in [5, 5.41) is 9.36. The molecule has 0 aliphatic carbocycles. The van der Waals surface area contributed by atoms with E-state index < -0.39 is 0 Å². The van der Waals surface area contributed by atoms with Gasteiger partial charge in [-0.15, -0.1) is 0 Å². The minimum atomic E-state index is 0.912. The summed E-state index contributed by atoms with van der Waals surface area (Å²) < 4.78 is 13.2. The first-order valence-electron chi connectivity index (χ1n) is 14.0. The second-order valence-corrected chi connectivity index (χ2v) is 10.1. The summed E-state index contributed by atoms with van der Waals surface area (Å²) in [5.74, 6) is 1.85. The Morgan fingerprint density at radius 3 is 1.15 bits per heavy atom. The van der Waals surface area contributed by atoms with Crippen molar-refractivity contribution in [2.24, 2.45) is 0 Å². The average Bonchev–Trinajstić information content (AvgIpc) is 3.52. The van der Waals surface area contributed by atoms with Gasteiger partial charge in [0.2, 0.25) is 0 Å². The predicted octanol–water partition coefficient (Wildman–Crippen LogP) is 11.6. The van der Waals surface area contributed by atoms with Crippen molar-refractivity contribution < 1.29 is 8.83 Å². The molecule has 0 aliphatic heterocycles. The molecular weight excluding hydrogens is 488 g/mol. The number of hydrogen-bond donors (Lipinski definition) is 0. The van der Waals surface area contributed by atoms with Crippen molar-refractivity contribution >= 4 is 54.3 Å². The van der Waals surface area contributed by atoms with Gasteiger partial charge < -0.3 is 8.83 Å². The van der Waals surface area contributed by atoms with Gasteiger partial charge >= 0.3 is 0 Å². The molecule has 0 saturated carbocycles. The third-order valence-electron chi connectivity index (χ3n) is 8.03. The van der Waals surface area contributed by atoms with Crippen LogP contribution in [-0.4, -0.2) is 0 Å². The highest BCUT2D eigenvalue weighted by Crippen LogP contribution is 2.48. The average molecular weight is 519 g/mol. The van der Waals surface area contributed by atoms with Crippen molar-refractivity contribution in [3.8, 4) is 22.6 Å². The lowest BCUT2D eigenvalue weighted by molar-refractivity contribution is 0.629. The van der Waals surface area contributed by atoms with Crippen molar-refractivity contribution in [3.05, 3.63) is 120 Å². The molecule has 0 N–H and O–H groups in total. The molecule has 8 rings (SSSR count). The van der Waals surface area contributed by atoms with Crippen molar-refractivity contribution in [1.82, 2.24) is 0 Å². The molecule has 0 unspecified atom stereocenters. The number of para-hydroxylation sites is 2. The second-order valence-electron chi connectivity index (χ2n) is 10.1. The Kier molecular flexibility index (Phi) is 5.71. The highest BCUT2D eigenvalue weighted by Gasteiger charge is 2.24. The molecule has 2 aromatic heterocycles. The minimum absolute atomic E-state index is 0.912. The van der Waals surface area contributed by atoms with Crippen LogP contribution in [0.25, 0.3) is 76.9 Å². The Morgan fingerprint density at radius 1 is 0.400 bits per heavy atom. The van der Waals surface area contributed by atoms with E-state index in [2.05, 4.69) is 111 Å². The molecule has 0 radical (unpaired) electrons. The Balaban J connectivity index is 0.00000130. The first-order chi connectivity index (χ1) is 19.7. The molecule has 40 heavy (non-hydrogen) atoms. The van der Waals surface area contributed by atoms with Crippen LogP contribution in [0.1, 0.15) is 25.0 Å². The fraction of sp³-hybridized carbons (Fsp3) is 0.105. The highest BCUT2D eigenvalue weighted by atomic mass is 16.3. The molecule has 0 aliphatic rings. The van der Waals surface area contributed by atoms with E-state index in [1.165, 1.54) is 21.5 Å². The molecule has 0 saturated heterocycles. The van der Waals surface area contributed by atoms with E-state index in [0.717, 1.165) is 66.5 Å². The summed E-state index contributed by atoms with van der Waals surface area (Å²) in [6.45, 7) is 8.33. The molecule has 0 fully saturated rings. The summed E-state index contributed by atoms with van der Waals surface area (Å²) in [5.41, 5.74) is 6.41. The van der Waals surface area contributed by atoms with Crippen LogP contribution in [0, 0.1) is 13.8 Å². The zero-order chi connectivity index (χ0) is 27.4. The molecule has 2 heterocycles. The molecule has 8 aromatic rings. The van der Waals surface area contributed by atoms with Gasteiger partial charge in [-0.05, 0) is 70.4 Å². The summed E-state index contributed by atoms with van der Waals surface area (Å²) >= 11 is 0. The van der Waals surface area contributed by atoms with Crippen molar-refractivity contribution in [1.29, 1.82) is 0 Å². The molecule has 2 nitrogen and oxygen atoms in total. The first-order valence-corrected chi connectivity index (χ1v) is 14.0. The molecule has 2 heteroatoms. The maximum atomic E-state index is 6.61. The molecule has 194 valence electrons. The van der Waals surface area contributed by atoms with Crippen LogP contribution in [0.3, 0.4) is 0 Å². The van der Waals surface area contributed by atoms with Crippen molar-refractivity contribution in [2.45, 2.75) is 27.7 Å². The van der Waals surface area contributed by atoms with Crippen LogP contribution >= 0.6 is 0 Å². The van der Waals surface area contributed by atoms with Gasteiger partial charge in [-0.3, -0.25) is 0 Å². The van der Waals surface area contributed by atoms with E-state index in [4.69, 9.17) is 8.83 Å². The smallest absolute Gasteiger partial charge is 0.139 e. The van der Waals surface area contributed by atoms with Gasteiger partial charge in [0.15, 0.2) is 0 Å². The molecule has 6 aromatic carbocycles. The summed E-state index contributed by atoms with van der Waals surface area (Å²) in [6, 6.07) is 38.5. The Bertz CT molecular complexity index is 2050. The van der Waals surface area contributed by atoms with Crippen LogP contribution in [0.4, 0.5) is 0 Å². The van der Waals surface area contributed by atoms with Gasteiger partial charge in [0.1, 0.15) is 22.7 Å². The number of aryl methyl sites for hydroxylation is 2. The van der Waals surface area contributed by atoms with E-state index >= 15 is 0 Å².